The molecule has 2 unspecified atom stereocenters. The van der Waals surface area contributed by atoms with Gasteiger partial charge in [0.1, 0.15) is 11.4 Å². The first-order valence-electron chi connectivity index (χ1n) is 9.43. The number of anilines is 3. The Kier molecular flexibility index (Phi) is 4.05. The van der Waals surface area contributed by atoms with Gasteiger partial charge in [0.25, 0.3) is 0 Å². The molecule has 10 heteroatoms. The summed E-state index contributed by atoms with van der Waals surface area (Å²) in [5.74, 6) is 0.419. The highest BCUT2D eigenvalue weighted by Gasteiger charge is 2.47. The summed E-state index contributed by atoms with van der Waals surface area (Å²) in [5.41, 5.74) is 22.2. The summed E-state index contributed by atoms with van der Waals surface area (Å²) in [7, 11) is 0. The first kappa shape index (κ1) is 18.6. The van der Waals surface area contributed by atoms with Gasteiger partial charge < -0.3 is 16.9 Å². The smallest absolute Gasteiger partial charge is 0.224 e. The first-order valence-corrected chi connectivity index (χ1v) is 9.81. The number of fused-ring (bicyclic) bond motifs is 2. The second kappa shape index (κ2) is 6.54. The summed E-state index contributed by atoms with van der Waals surface area (Å²) in [6.07, 6.45) is 3.58. The maximum absolute atomic E-state index is 6.23. The van der Waals surface area contributed by atoms with Crippen LogP contribution in [0.25, 0.3) is 11.0 Å². The van der Waals surface area contributed by atoms with Gasteiger partial charge in [-0.1, -0.05) is 23.7 Å². The van der Waals surface area contributed by atoms with E-state index in [-0.39, 0.29) is 12.0 Å². The van der Waals surface area contributed by atoms with Gasteiger partial charge in [-0.05, 0) is 37.6 Å². The molecule has 0 radical (unpaired) electrons. The van der Waals surface area contributed by atoms with Gasteiger partial charge in [0.2, 0.25) is 5.95 Å². The Morgan fingerprint density at radius 2 is 2.03 bits per heavy atom. The number of halogens is 1. The van der Waals surface area contributed by atoms with E-state index in [0.717, 1.165) is 22.5 Å². The molecule has 9 nitrogen and oxygen atoms in total. The lowest BCUT2D eigenvalue weighted by molar-refractivity contribution is 0.292. The largest absolute Gasteiger partial charge is 0.383 e. The molecule has 1 aliphatic heterocycles. The molecule has 2 atom stereocenters. The number of benzene rings is 1. The van der Waals surface area contributed by atoms with E-state index in [0.29, 0.717) is 21.9 Å². The summed E-state index contributed by atoms with van der Waals surface area (Å²) in [6, 6.07) is 9.45. The molecule has 0 amide bonds. The van der Waals surface area contributed by atoms with E-state index in [1.807, 2.05) is 48.1 Å². The van der Waals surface area contributed by atoms with Crippen LogP contribution in [0.15, 0.2) is 42.7 Å². The molecule has 0 bridgehead atoms. The van der Waals surface area contributed by atoms with Gasteiger partial charge in [-0.25, -0.2) is 10.1 Å². The van der Waals surface area contributed by atoms with Crippen LogP contribution in [0, 0.1) is 6.92 Å². The molecule has 1 aliphatic rings. The standard InChI is InChI=1S/C20H20ClN9/c1-10-16-17(22)25-19(23)26-18(16)30(28-10)11(2)20(12-4-3-7-24-9-12)14-6-5-13(21)8-15(14)27-29-20/h3-9,11,27,29H,1-2H3,(H4,22,23,25,26). The molecule has 30 heavy (non-hydrogen) atoms. The molecule has 0 spiro atoms. The number of hydrogen-bond donors (Lipinski definition) is 4. The number of rotatable bonds is 3. The van der Waals surface area contributed by atoms with Gasteiger partial charge >= 0.3 is 0 Å². The topological polar surface area (TPSA) is 133 Å². The summed E-state index contributed by atoms with van der Waals surface area (Å²) < 4.78 is 1.84. The Labute approximate surface area is 177 Å². The van der Waals surface area contributed by atoms with Crippen LogP contribution in [0.1, 0.15) is 29.8 Å². The van der Waals surface area contributed by atoms with Crippen LogP contribution in [0.2, 0.25) is 5.02 Å². The number of aryl methyl sites for hydroxylation is 1. The fourth-order valence-electron chi connectivity index (χ4n) is 4.30. The normalized spacial score (nSPS) is 18.9. The van der Waals surface area contributed by atoms with Crippen molar-refractivity contribution in [3.63, 3.8) is 0 Å². The molecule has 0 fully saturated rings. The van der Waals surface area contributed by atoms with Crippen LogP contribution in [-0.4, -0.2) is 24.7 Å². The van der Waals surface area contributed by atoms with Gasteiger partial charge in [0.05, 0.1) is 22.8 Å². The molecular weight excluding hydrogens is 402 g/mol. The minimum atomic E-state index is -0.700. The second-order valence-corrected chi connectivity index (χ2v) is 7.80. The number of aromatic nitrogens is 5. The molecule has 4 aromatic rings. The van der Waals surface area contributed by atoms with E-state index in [1.54, 1.807) is 6.20 Å². The molecule has 0 saturated heterocycles. The number of hydrogen-bond acceptors (Lipinski definition) is 8. The molecule has 3 aromatic heterocycles. The fourth-order valence-corrected chi connectivity index (χ4v) is 4.47. The van der Waals surface area contributed by atoms with Crippen molar-refractivity contribution in [1.29, 1.82) is 0 Å². The summed E-state index contributed by atoms with van der Waals surface area (Å²) >= 11 is 6.23. The van der Waals surface area contributed by atoms with Gasteiger partial charge in [-0.15, -0.1) is 0 Å². The second-order valence-electron chi connectivity index (χ2n) is 7.36. The van der Waals surface area contributed by atoms with Crippen molar-refractivity contribution in [2.24, 2.45) is 0 Å². The average Bonchev–Trinajstić information content (AvgIpc) is 3.26. The monoisotopic (exact) mass is 421 g/mol. The Bertz CT molecular complexity index is 1270. The van der Waals surface area contributed by atoms with Gasteiger partial charge in [-0.3, -0.25) is 4.98 Å². The van der Waals surface area contributed by atoms with Crippen LogP contribution in [0.3, 0.4) is 0 Å². The quantitative estimate of drug-likeness (QED) is 0.397. The minimum absolute atomic E-state index is 0.105. The predicted molar refractivity (Wildman–Crippen MR) is 117 cm³/mol. The van der Waals surface area contributed by atoms with Crippen LogP contribution in [0.4, 0.5) is 17.5 Å². The lowest BCUT2D eigenvalue weighted by atomic mass is 9.79. The van der Waals surface area contributed by atoms with Crippen molar-refractivity contribution in [3.05, 3.63) is 64.6 Å². The molecule has 152 valence electrons. The maximum atomic E-state index is 6.23. The third-order valence-corrected chi connectivity index (χ3v) is 5.92. The Balaban J connectivity index is 1.79. The maximum Gasteiger partial charge on any atom is 0.224 e. The van der Waals surface area contributed by atoms with Crippen LogP contribution >= 0.6 is 11.6 Å². The van der Waals surface area contributed by atoms with Crippen LogP contribution < -0.4 is 22.3 Å². The van der Waals surface area contributed by atoms with E-state index in [4.69, 9.17) is 28.2 Å². The molecule has 5 rings (SSSR count). The average molecular weight is 422 g/mol. The summed E-state index contributed by atoms with van der Waals surface area (Å²) in [6.45, 7) is 3.94. The van der Waals surface area contributed by atoms with E-state index < -0.39 is 5.54 Å². The number of pyridine rings is 1. The highest BCUT2D eigenvalue weighted by atomic mass is 35.5. The third-order valence-electron chi connectivity index (χ3n) is 5.68. The van der Waals surface area contributed by atoms with Gasteiger partial charge in [0, 0.05) is 23.0 Å². The third kappa shape index (κ3) is 2.52. The van der Waals surface area contributed by atoms with Gasteiger partial charge in [-0.2, -0.15) is 15.1 Å². The minimum Gasteiger partial charge on any atom is -0.383 e. The number of nitrogens with one attached hydrogen (secondary N) is 2. The number of nitrogen functional groups attached to an aromatic ring is 2. The number of nitrogens with two attached hydrogens (primary N) is 2. The van der Waals surface area contributed by atoms with Crippen molar-refractivity contribution in [3.8, 4) is 0 Å². The van der Waals surface area contributed by atoms with E-state index in [9.17, 15) is 0 Å². The Morgan fingerprint density at radius 1 is 1.20 bits per heavy atom. The van der Waals surface area contributed by atoms with Crippen molar-refractivity contribution < 1.29 is 0 Å². The molecular formula is C20H20ClN9. The zero-order chi connectivity index (χ0) is 21.0. The van der Waals surface area contributed by atoms with Crippen molar-refractivity contribution in [2.75, 3.05) is 16.9 Å². The lowest BCUT2D eigenvalue weighted by Gasteiger charge is -2.36. The zero-order valence-corrected chi connectivity index (χ0v) is 17.1. The van der Waals surface area contributed by atoms with Crippen LogP contribution in [0.5, 0.6) is 0 Å². The molecule has 4 heterocycles. The first-order chi connectivity index (χ1) is 14.4. The van der Waals surface area contributed by atoms with Crippen molar-refractivity contribution in [2.45, 2.75) is 25.4 Å². The van der Waals surface area contributed by atoms with Crippen molar-refractivity contribution >= 4 is 40.1 Å². The molecule has 0 aliphatic carbocycles. The number of hydrazine groups is 1. The fraction of sp³-hybridized carbons (Fsp3) is 0.200. The summed E-state index contributed by atoms with van der Waals surface area (Å²) in [4.78, 5) is 12.9. The number of nitrogens with zero attached hydrogens (tertiary/aromatic N) is 5. The molecule has 6 N–H and O–H groups in total. The molecule has 0 saturated carbocycles. The lowest BCUT2D eigenvalue weighted by Crippen LogP contribution is -2.47. The Morgan fingerprint density at radius 3 is 2.80 bits per heavy atom. The highest BCUT2D eigenvalue weighted by molar-refractivity contribution is 6.30. The van der Waals surface area contributed by atoms with Gasteiger partial charge in [0.15, 0.2) is 5.65 Å². The van der Waals surface area contributed by atoms with E-state index >= 15 is 0 Å². The Hall–Kier alpha value is -3.43. The van der Waals surface area contributed by atoms with Crippen molar-refractivity contribution in [1.82, 2.24) is 30.2 Å². The zero-order valence-electron chi connectivity index (χ0n) is 16.4. The predicted octanol–water partition coefficient (Wildman–Crippen LogP) is 2.78. The summed E-state index contributed by atoms with van der Waals surface area (Å²) in [5, 5.41) is 6.10. The van der Waals surface area contributed by atoms with E-state index in [2.05, 4.69) is 32.7 Å². The SMILES string of the molecule is Cc1nn(C(C)C2(c3cccnc3)NNc3cc(Cl)ccc32)c2nc(N)nc(N)c12. The highest BCUT2D eigenvalue weighted by Crippen LogP contribution is 2.47. The van der Waals surface area contributed by atoms with E-state index in [1.165, 1.54) is 0 Å². The van der Waals surface area contributed by atoms with Crippen LogP contribution in [-0.2, 0) is 5.54 Å². The molecule has 1 aromatic carbocycles.